The van der Waals surface area contributed by atoms with E-state index in [2.05, 4.69) is 10.1 Å². The van der Waals surface area contributed by atoms with Crippen molar-refractivity contribution in [2.45, 2.75) is 0 Å². The predicted molar refractivity (Wildman–Crippen MR) is 76.3 cm³/mol. The minimum absolute atomic E-state index is 0.842. The molecule has 0 saturated heterocycles. The molecule has 0 N–H and O–H groups in total. The van der Waals surface area contributed by atoms with Crippen LogP contribution >= 0.6 is 11.3 Å². The lowest BCUT2D eigenvalue weighted by Crippen LogP contribution is -1.86. The molecule has 0 atom stereocenters. The van der Waals surface area contributed by atoms with Crippen molar-refractivity contribution in [1.29, 1.82) is 0 Å². The van der Waals surface area contributed by atoms with E-state index in [9.17, 15) is 0 Å². The van der Waals surface area contributed by atoms with Gasteiger partial charge in [0.2, 0.25) is 0 Å². The smallest absolute Gasteiger partial charge is 0.129 e. The van der Waals surface area contributed by atoms with Gasteiger partial charge in [0, 0.05) is 24.2 Å². The summed E-state index contributed by atoms with van der Waals surface area (Å²) >= 11 is 1.61. The summed E-state index contributed by atoms with van der Waals surface area (Å²) in [5, 5.41) is 7.16. The minimum Gasteiger partial charge on any atom is -0.496 e. The summed E-state index contributed by atoms with van der Waals surface area (Å²) in [4.78, 5) is 4.66. The van der Waals surface area contributed by atoms with E-state index in [-0.39, 0.29) is 0 Å². The molecule has 4 nitrogen and oxygen atoms in total. The van der Waals surface area contributed by atoms with Crippen molar-refractivity contribution in [2.75, 3.05) is 7.11 Å². The van der Waals surface area contributed by atoms with Gasteiger partial charge in [-0.3, -0.25) is 4.68 Å². The van der Waals surface area contributed by atoms with Crippen molar-refractivity contribution in [3.05, 3.63) is 42.0 Å². The van der Waals surface area contributed by atoms with Gasteiger partial charge in [-0.05, 0) is 12.1 Å². The average Bonchev–Trinajstić information content (AvgIpc) is 3.07. The highest BCUT2D eigenvalue weighted by Gasteiger charge is 2.11. The van der Waals surface area contributed by atoms with E-state index < -0.39 is 0 Å². The quantitative estimate of drug-likeness (QED) is 0.734. The Kier molecular flexibility index (Phi) is 3.05. The number of aryl methyl sites for hydroxylation is 1. The van der Waals surface area contributed by atoms with Crippen molar-refractivity contribution in [2.24, 2.45) is 7.05 Å². The second kappa shape index (κ2) is 4.85. The first-order valence-corrected chi connectivity index (χ1v) is 6.74. The van der Waals surface area contributed by atoms with E-state index in [4.69, 9.17) is 4.74 Å². The van der Waals surface area contributed by atoms with Crippen LogP contribution in [0.5, 0.6) is 5.75 Å². The summed E-state index contributed by atoms with van der Waals surface area (Å²) in [7, 11) is 3.57. The number of hydrogen-bond acceptors (Lipinski definition) is 4. The normalized spacial score (nSPS) is 10.6. The molecule has 0 amide bonds. The molecular weight excluding hydrogens is 258 g/mol. The Morgan fingerprint density at radius 2 is 2.11 bits per heavy atom. The molecule has 1 aromatic carbocycles. The number of rotatable bonds is 3. The van der Waals surface area contributed by atoms with Crippen LogP contribution in [0.25, 0.3) is 21.8 Å². The largest absolute Gasteiger partial charge is 0.496 e. The van der Waals surface area contributed by atoms with E-state index in [0.717, 1.165) is 27.6 Å². The number of methoxy groups -OCH3 is 1. The fourth-order valence-electron chi connectivity index (χ4n) is 1.90. The molecule has 0 unspecified atom stereocenters. The Morgan fingerprint density at radius 1 is 1.26 bits per heavy atom. The summed E-state index contributed by atoms with van der Waals surface area (Å²) in [5.74, 6) is 0.842. The highest BCUT2D eigenvalue weighted by molar-refractivity contribution is 7.13. The lowest BCUT2D eigenvalue weighted by Gasteiger charge is -2.04. The van der Waals surface area contributed by atoms with E-state index >= 15 is 0 Å². The Bertz CT molecular complexity index is 702. The lowest BCUT2D eigenvalue weighted by molar-refractivity contribution is 0.416. The molecule has 96 valence electrons. The number of benzene rings is 1. The van der Waals surface area contributed by atoms with Crippen LogP contribution in [0.1, 0.15) is 0 Å². The summed E-state index contributed by atoms with van der Waals surface area (Å²) in [5.41, 5.74) is 2.99. The maximum atomic E-state index is 5.37. The molecule has 5 heteroatoms. The highest BCUT2D eigenvalue weighted by atomic mass is 32.1. The van der Waals surface area contributed by atoms with Gasteiger partial charge < -0.3 is 4.74 Å². The van der Waals surface area contributed by atoms with Crippen molar-refractivity contribution < 1.29 is 4.74 Å². The molecule has 0 fully saturated rings. The van der Waals surface area contributed by atoms with Crippen molar-refractivity contribution in [3.8, 4) is 27.6 Å². The maximum Gasteiger partial charge on any atom is 0.129 e. The fourth-order valence-corrected chi connectivity index (χ4v) is 2.76. The summed E-state index contributed by atoms with van der Waals surface area (Å²) in [6.07, 6.45) is 3.78. The van der Waals surface area contributed by atoms with Gasteiger partial charge in [-0.1, -0.05) is 12.1 Å². The van der Waals surface area contributed by atoms with E-state index in [1.807, 2.05) is 49.1 Å². The molecule has 0 radical (unpaired) electrons. The lowest BCUT2D eigenvalue weighted by atomic mass is 10.2. The van der Waals surface area contributed by atoms with Crippen molar-refractivity contribution in [3.63, 3.8) is 0 Å². The maximum absolute atomic E-state index is 5.37. The zero-order valence-corrected chi connectivity index (χ0v) is 11.5. The van der Waals surface area contributed by atoms with Crippen LogP contribution in [0.4, 0.5) is 0 Å². The third-order valence-corrected chi connectivity index (χ3v) is 3.72. The second-order valence-corrected chi connectivity index (χ2v) is 5.00. The molecule has 0 spiro atoms. The van der Waals surface area contributed by atoms with Crippen LogP contribution in [-0.4, -0.2) is 21.9 Å². The molecule has 0 aliphatic carbocycles. The number of aromatic nitrogens is 3. The predicted octanol–water partition coefficient (Wildman–Crippen LogP) is 3.22. The van der Waals surface area contributed by atoms with Crippen LogP contribution in [0.3, 0.4) is 0 Å². The van der Waals surface area contributed by atoms with Gasteiger partial charge in [0.1, 0.15) is 10.8 Å². The van der Waals surface area contributed by atoms with Crippen LogP contribution in [0.2, 0.25) is 0 Å². The monoisotopic (exact) mass is 271 g/mol. The fraction of sp³-hybridized carbons (Fsp3) is 0.143. The Labute approximate surface area is 115 Å². The molecule has 19 heavy (non-hydrogen) atoms. The highest BCUT2D eigenvalue weighted by Crippen LogP contribution is 2.34. The Hall–Kier alpha value is -2.14. The average molecular weight is 271 g/mol. The second-order valence-electron chi connectivity index (χ2n) is 4.14. The van der Waals surface area contributed by atoms with Gasteiger partial charge in [0.15, 0.2) is 0 Å². The number of thiazole rings is 1. The van der Waals surface area contributed by atoms with E-state index in [0.29, 0.717) is 0 Å². The first-order valence-electron chi connectivity index (χ1n) is 5.86. The molecule has 0 aliphatic rings. The molecule has 2 heterocycles. The zero-order chi connectivity index (χ0) is 13.2. The van der Waals surface area contributed by atoms with Crippen LogP contribution < -0.4 is 4.74 Å². The summed E-state index contributed by atoms with van der Waals surface area (Å²) < 4.78 is 7.14. The number of ether oxygens (including phenoxy) is 1. The topological polar surface area (TPSA) is 39.9 Å². The standard InChI is InChI=1S/C14H13N3OS/c1-17-8-10(7-15-17)12-9-19-14(16-12)11-5-3-4-6-13(11)18-2/h3-9H,1-2H3. The first-order chi connectivity index (χ1) is 9.28. The van der Waals surface area contributed by atoms with Crippen LogP contribution in [-0.2, 0) is 7.05 Å². The van der Waals surface area contributed by atoms with Crippen molar-refractivity contribution >= 4 is 11.3 Å². The number of hydrogen-bond donors (Lipinski definition) is 0. The number of nitrogens with zero attached hydrogens (tertiary/aromatic N) is 3. The third kappa shape index (κ3) is 2.24. The van der Waals surface area contributed by atoms with Gasteiger partial charge in [-0.25, -0.2) is 4.98 Å². The summed E-state index contributed by atoms with van der Waals surface area (Å²) in [6, 6.07) is 7.91. The molecule has 0 saturated carbocycles. The Balaban J connectivity index is 2.01. The van der Waals surface area contributed by atoms with E-state index in [1.165, 1.54) is 0 Å². The molecule has 3 rings (SSSR count). The third-order valence-electron chi connectivity index (χ3n) is 2.84. The Morgan fingerprint density at radius 3 is 2.84 bits per heavy atom. The summed E-state index contributed by atoms with van der Waals surface area (Å²) in [6.45, 7) is 0. The molecule has 2 aromatic heterocycles. The molecule has 0 bridgehead atoms. The number of para-hydroxylation sites is 1. The molecule has 0 aliphatic heterocycles. The van der Waals surface area contributed by atoms with Gasteiger partial charge in [0.25, 0.3) is 0 Å². The molecular formula is C14H13N3OS. The van der Waals surface area contributed by atoms with Gasteiger partial charge in [-0.2, -0.15) is 5.10 Å². The van der Waals surface area contributed by atoms with Gasteiger partial charge in [0.05, 0.1) is 24.6 Å². The van der Waals surface area contributed by atoms with Gasteiger partial charge in [-0.15, -0.1) is 11.3 Å². The zero-order valence-electron chi connectivity index (χ0n) is 10.7. The minimum atomic E-state index is 0.842. The van der Waals surface area contributed by atoms with Crippen LogP contribution in [0.15, 0.2) is 42.0 Å². The molecule has 3 aromatic rings. The van der Waals surface area contributed by atoms with E-state index in [1.54, 1.807) is 23.1 Å². The van der Waals surface area contributed by atoms with Gasteiger partial charge >= 0.3 is 0 Å². The van der Waals surface area contributed by atoms with Crippen molar-refractivity contribution in [1.82, 2.24) is 14.8 Å². The first kappa shape index (κ1) is 11.9. The van der Waals surface area contributed by atoms with Crippen LogP contribution in [0, 0.1) is 0 Å². The SMILES string of the molecule is COc1ccccc1-c1nc(-c2cnn(C)c2)cs1.